The van der Waals surface area contributed by atoms with Crippen LogP contribution in [0, 0.1) is 0 Å². The molecule has 0 aromatic heterocycles. The minimum atomic E-state index is -1.70. The van der Waals surface area contributed by atoms with Gasteiger partial charge in [0, 0.05) is 12.1 Å². The van der Waals surface area contributed by atoms with Crippen LogP contribution >= 0.6 is 0 Å². The van der Waals surface area contributed by atoms with Gasteiger partial charge in [-0.1, -0.05) is 32.9 Å². The van der Waals surface area contributed by atoms with E-state index in [4.69, 9.17) is 10.2 Å². The summed E-state index contributed by atoms with van der Waals surface area (Å²) in [6.07, 6.45) is 0.196. The number of anilines is 1. The first-order valence-corrected chi connectivity index (χ1v) is 10.2. The standard InChI is InChI=1S/C16H29NO2Si/c1-5-20(6-2,7-3)19-16(11-13(4)18)14-9-8-10-15(17)12-14/h8-10,12-13,16,18H,5-7,11,17H2,1-4H3. The first-order chi connectivity index (χ1) is 9.46. The molecule has 114 valence electrons. The molecule has 0 aliphatic heterocycles. The summed E-state index contributed by atoms with van der Waals surface area (Å²) in [5, 5.41) is 9.77. The van der Waals surface area contributed by atoms with Gasteiger partial charge in [-0.3, -0.25) is 0 Å². The topological polar surface area (TPSA) is 55.5 Å². The lowest BCUT2D eigenvalue weighted by Gasteiger charge is -2.34. The van der Waals surface area contributed by atoms with Crippen LogP contribution in [0.3, 0.4) is 0 Å². The van der Waals surface area contributed by atoms with Crippen LogP contribution in [0.4, 0.5) is 5.69 Å². The first kappa shape index (κ1) is 17.2. The van der Waals surface area contributed by atoms with Crippen LogP contribution in [0.5, 0.6) is 0 Å². The highest BCUT2D eigenvalue weighted by Gasteiger charge is 2.33. The lowest BCUT2D eigenvalue weighted by atomic mass is 10.0. The highest BCUT2D eigenvalue weighted by atomic mass is 28.4. The van der Waals surface area contributed by atoms with E-state index in [1.54, 1.807) is 0 Å². The third-order valence-corrected chi connectivity index (χ3v) is 8.81. The number of hydrogen-bond acceptors (Lipinski definition) is 3. The Morgan fingerprint density at radius 1 is 1.20 bits per heavy atom. The van der Waals surface area contributed by atoms with Crippen molar-refractivity contribution in [2.24, 2.45) is 0 Å². The van der Waals surface area contributed by atoms with Crippen molar-refractivity contribution in [3.63, 3.8) is 0 Å². The largest absolute Gasteiger partial charge is 0.410 e. The molecule has 3 nitrogen and oxygen atoms in total. The number of hydrogen-bond donors (Lipinski definition) is 2. The lowest BCUT2D eigenvalue weighted by Crippen LogP contribution is -2.37. The summed E-state index contributed by atoms with van der Waals surface area (Å²) in [4.78, 5) is 0. The van der Waals surface area contributed by atoms with Crippen LogP contribution in [0.1, 0.15) is 45.8 Å². The molecule has 0 radical (unpaired) electrons. The van der Waals surface area contributed by atoms with Gasteiger partial charge < -0.3 is 15.3 Å². The minimum Gasteiger partial charge on any atom is -0.410 e. The van der Waals surface area contributed by atoms with Crippen molar-refractivity contribution in [2.75, 3.05) is 5.73 Å². The summed E-state index contributed by atoms with van der Waals surface area (Å²) in [5.74, 6) is 0. The first-order valence-electron chi connectivity index (χ1n) is 7.67. The number of nitrogen functional groups attached to an aromatic ring is 1. The predicted molar refractivity (Wildman–Crippen MR) is 88.2 cm³/mol. The molecule has 2 atom stereocenters. The molecule has 1 rings (SSSR count). The smallest absolute Gasteiger partial charge is 0.192 e. The SMILES string of the molecule is CC[Si](CC)(CC)OC(CC(C)O)c1cccc(N)c1. The number of aliphatic hydroxyl groups excluding tert-OH is 1. The van der Waals surface area contributed by atoms with E-state index in [0.717, 1.165) is 29.4 Å². The molecule has 0 aliphatic carbocycles. The van der Waals surface area contributed by atoms with Gasteiger partial charge in [0.1, 0.15) is 0 Å². The fourth-order valence-electron chi connectivity index (χ4n) is 2.62. The fourth-order valence-corrected chi connectivity index (χ4v) is 5.46. The van der Waals surface area contributed by atoms with Crippen molar-refractivity contribution in [2.45, 2.75) is 64.5 Å². The zero-order chi connectivity index (χ0) is 15.2. The molecular formula is C16H29NO2Si. The second-order valence-electron chi connectivity index (χ2n) is 5.61. The number of rotatable bonds is 8. The van der Waals surface area contributed by atoms with Gasteiger partial charge in [0.15, 0.2) is 8.32 Å². The lowest BCUT2D eigenvalue weighted by molar-refractivity contribution is 0.0987. The fraction of sp³-hybridized carbons (Fsp3) is 0.625. The average molecular weight is 295 g/mol. The summed E-state index contributed by atoms with van der Waals surface area (Å²) < 4.78 is 6.56. The van der Waals surface area contributed by atoms with E-state index in [-0.39, 0.29) is 12.2 Å². The van der Waals surface area contributed by atoms with E-state index >= 15 is 0 Å². The average Bonchev–Trinajstić information content (AvgIpc) is 2.43. The van der Waals surface area contributed by atoms with Crippen LogP contribution in [0.15, 0.2) is 24.3 Å². The second-order valence-corrected chi connectivity index (χ2v) is 10.3. The van der Waals surface area contributed by atoms with Crippen LogP contribution in [0.25, 0.3) is 0 Å². The monoisotopic (exact) mass is 295 g/mol. The molecule has 0 aliphatic rings. The summed E-state index contributed by atoms with van der Waals surface area (Å²) in [5.41, 5.74) is 7.71. The number of aliphatic hydroxyl groups is 1. The Morgan fingerprint density at radius 2 is 1.80 bits per heavy atom. The van der Waals surface area contributed by atoms with Crippen LogP contribution in [0.2, 0.25) is 18.1 Å². The Balaban J connectivity index is 3.00. The molecule has 1 aromatic carbocycles. The van der Waals surface area contributed by atoms with Gasteiger partial charge in [0.25, 0.3) is 0 Å². The third kappa shape index (κ3) is 4.61. The van der Waals surface area contributed by atoms with Crippen molar-refractivity contribution in [1.82, 2.24) is 0 Å². The Hall–Kier alpha value is -0.843. The molecule has 2 unspecified atom stereocenters. The van der Waals surface area contributed by atoms with Crippen molar-refractivity contribution in [3.05, 3.63) is 29.8 Å². The molecule has 4 heteroatoms. The van der Waals surface area contributed by atoms with Crippen LogP contribution in [-0.2, 0) is 4.43 Å². The molecule has 1 aromatic rings. The van der Waals surface area contributed by atoms with E-state index in [1.807, 2.05) is 31.2 Å². The minimum absolute atomic E-state index is 0.0509. The second kappa shape index (κ2) is 7.81. The maximum Gasteiger partial charge on any atom is 0.192 e. The van der Waals surface area contributed by atoms with Gasteiger partial charge in [-0.25, -0.2) is 0 Å². The van der Waals surface area contributed by atoms with E-state index in [0.29, 0.717) is 6.42 Å². The zero-order valence-corrected chi connectivity index (χ0v) is 14.2. The summed E-state index contributed by atoms with van der Waals surface area (Å²) >= 11 is 0. The third-order valence-electron chi connectivity index (χ3n) is 4.16. The van der Waals surface area contributed by atoms with E-state index in [2.05, 4.69) is 20.8 Å². The summed E-state index contributed by atoms with van der Waals surface area (Å²) in [6, 6.07) is 11.2. The summed E-state index contributed by atoms with van der Waals surface area (Å²) in [6.45, 7) is 8.48. The maximum absolute atomic E-state index is 9.77. The normalized spacial score (nSPS) is 15.1. The molecular weight excluding hydrogens is 266 g/mol. The van der Waals surface area contributed by atoms with Crippen molar-refractivity contribution < 1.29 is 9.53 Å². The van der Waals surface area contributed by atoms with Crippen molar-refractivity contribution in [3.8, 4) is 0 Å². The molecule has 3 N–H and O–H groups in total. The zero-order valence-electron chi connectivity index (χ0n) is 13.2. The van der Waals surface area contributed by atoms with E-state index in [9.17, 15) is 5.11 Å². The van der Waals surface area contributed by atoms with Gasteiger partial charge in [-0.05, 0) is 42.8 Å². The van der Waals surface area contributed by atoms with Gasteiger partial charge in [-0.2, -0.15) is 0 Å². The summed E-state index contributed by atoms with van der Waals surface area (Å²) in [7, 11) is -1.70. The van der Waals surface area contributed by atoms with Gasteiger partial charge in [-0.15, -0.1) is 0 Å². The Morgan fingerprint density at radius 3 is 2.25 bits per heavy atom. The van der Waals surface area contributed by atoms with Crippen molar-refractivity contribution in [1.29, 1.82) is 0 Å². The molecule has 0 heterocycles. The van der Waals surface area contributed by atoms with Crippen molar-refractivity contribution >= 4 is 14.0 Å². The number of nitrogens with two attached hydrogens (primary N) is 1. The molecule has 0 amide bonds. The van der Waals surface area contributed by atoms with Gasteiger partial charge in [0.05, 0.1) is 12.2 Å². The molecule has 0 bridgehead atoms. The Labute approximate surface area is 124 Å². The molecule has 0 fully saturated rings. The molecule has 0 saturated carbocycles. The van der Waals surface area contributed by atoms with Gasteiger partial charge in [0.2, 0.25) is 0 Å². The highest BCUT2D eigenvalue weighted by Crippen LogP contribution is 2.33. The quantitative estimate of drug-likeness (QED) is 0.560. The molecule has 20 heavy (non-hydrogen) atoms. The van der Waals surface area contributed by atoms with E-state index < -0.39 is 8.32 Å². The van der Waals surface area contributed by atoms with Crippen LogP contribution < -0.4 is 5.73 Å². The van der Waals surface area contributed by atoms with Gasteiger partial charge >= 0.3 is 0 Å². The Kier molecular flexibility index (Phi) is 6.72. The number of benzene rings is 1. The molecule has 0 spiro atoms. The Bertz CT molecular complexity index is 397. The highest BCUT2D eigenvalue weighted by molar-refractivity contribution is 6.73. The predicted octanol–water partition coefficient (Wildman–Crippen LogP) is 4.10. The molecule has 0 saturated heterocycles. The maximum atomic E-state index is 9.77. The van der Waals surface area contributed by atoms with Crippen LogP contribution in [-0.4, -0.2) is 19.5 Å². The van der Waals surface area contributed by atoms with E-state index in [1.165, 1.54) is 0 Å².